The van der Waals surface area contributed by atoms with Gasteiger partial charge in [-0.1, -0.05) is 37.3 Å². The van der Waals surface area contributed by atoms with Crippen LogP contribution in [0.1, 0.15) is 36.3 Å². The number of nitrogens with one attached hydrogen (secondary N) is 1. The zero-order chi connectivity index (χ0) is 22.8. The van der Waals surface area contributed by atoms with E-state index in [1.807, 2.05) is 44.2 Å². The second kappa shape index (κ2) is 8.96. The maximum absolute atomic E-state index is 13.3. The Balaban J connectivity index is 1.86. The van der Waals surface area contributed by atoms with E-state index in [0.717, 1.165) is 12.0 Å². The molecule has 3 aromatic rings. The first-order chi connectivity index (χ1) is 15.5. The van der Waals surface area contributed by atoms with Gasteiger partial charge >= 0.3 is 0 Å². The van der Waals surface area contributed by atoms with Crippen LogP contribution in [0.15, 0.2) is 41.2 Å². The zero-order valence-corrected chi connectivity index (χ0v) is 18.5. The molecule has 0 radical (unpaired) electrons. The average Bonchev–Trinajstić information content (AvgIpc) is 3.40. The normalized spacial score (nSPS) is 14.1. The molecule has 0 bridgehead atoms. The van der Waals surface area contributed by atoms with Gasteiger partial charge in [-0.15, -0.1) is 0 Å². The molecule has 9 nitrogen and oxygen atoms in total. The molecule has 0 aliphatic carbocycles. The van der Waals surface area contributed by atoms with Gasteiger partial charge in [0.05, 0.1) is 24.4 Å². The Bertz CT molecular complexity index is 1210. The van der Waals surface area contributed by atoms with Gasteiger partial charge in [0.2, 0.25) is 5.91 Å². The van der Waals surface area contributed by atoms with Gasteiger partial charge < -0.3 is 19.5 Å². The molecule has 0 saturated heterocycles. The van der Waals surface area contributed by atoms with Crippen molar-refractivity contribution in [1.29, 1.82) is 0 Å². The quantitative estimate of drug-likeness (QED) is 0.541. The molecule has 32 heavy (non-hydrogen) atoms. The van der Waals surface area contributed by atoms with Gasteiger partial charge in [0.15, 0.2) is 0 Å². The second-order valence-electron chi connectivity index (χ2n) is 7.92. The minimum atomic E-state index is -0.327. The van der Waals surface area contributed by atoms with Gasteiger partial charge in [0, 0.05) is 31.3 Å². The highest BCUT2D eigenvalue weighted by Crippen LogP contribution is 2.27. The van der Waals surface area contributed by atoms with Gasteiger partial charge in [0.1, 0.15) is 17.9 Å². The molecule has 3 heterocycles. The fraction of sp³-hybridized carbons (Fsp3) is 0.391. The van der Waals surface area contributed by atoms with Crippen LogP contribution in [0.5, 0.6) is 0 Å². The van der Waals surface area contributed by atoms with Crippen molar-refractivity contribution in [3.8, 4) is 11.3 Å². The van der Waals surface area contributed by atoms with Crippen molar-refractivity contribution < 1.29 is 14.3 Å². The molecule has 4 rings (SSSR count). The van der Waals surface area contributed by atoms with E-state index >= 15 is 0 Å². The van der Waals surface area contributed by atoms with Gasteiger partial charge in [-0.05, 0) is 13.3 Å². The van der Waals surface area contributed by atoms with E-state index in [2.05, 4.69) is 10.4 Å². The SMILES string of the molecule is CCC(C)N1Cc2c(n(CC(=O)NCCOC)c3cc(-c4ccccc4)nn3c2=O)C1=O. The van der Waals surface area contributed by atoms with Crippen LogP contribution >= 0.6 is 0 Å². The number of methoxy groups -OCH3 is 1. The Labute approximate surface area is 185 Å². The monoisotopic (exact) mass is 437 g/mol. The molecular weight excluding hydrogens is 410 g/mol. The molecule has 1 N–H and O–H groups in total. The zero-order valence-electron chi connectivity index (χ0n) is 18.5. The number of ether oxygens (including phenoxy) is 1. The Morgan fingerprint density at radius 3 is 2.69 bits per heavy atom. The van der Waals surface area contributed by atoms with Crippen LogP contribution in [0.25, 0.3) is 16.9 Å². The minimum absolute atomic E-state index is 0.0227. The molecule has 0 fully saturated rings. The highest BCUT2D eigenvalue weighted by atomic mass is 16.5. The van der Waals surface area contributed by atoms with Crippen LogP contribution in [0.2, 0.25) is 0 Å². The van der Waals surface area contributed by atoms with Gasteiger partial charge in [-0.3, -0.25) is 14.4 Å². The number of rotatable bonds is 8. The summed E-state index contributed by atoms with van der Waals surface area (Å²) in [6.45, 7) is 4.80. The third-order valence-corrected chi connectivity index (χ3v) is 5.89. The topological polar surface area (TPSA) is 97.9 Å². The number of benzene rings is 1. The molecule has 1 unspecified atom stereocenters. The Morgan fingerprint density at radius 2 is 2.00 bits per heavy atom. The summed E-state index contributed by atoms with van der Waals surface area (Å²) < 4.78 is 7.90. The fourth-order valence-corrected chi connectivity index (χ4v) is 3.96. The molecule has 0 spiro atoms. The third kappa shape index (κ3) is 3.80. The van der Waals surface area contributed by atoms with Crippen molar-refractivity contribution in [2.75, 3.05) is 20.3 Å². The lowest BCUT2D eigenvalue weighted by Crippen LogP contribution is -2.35. The van der Waals surface area contributed by atoms with Crippen LogP contribution in [0, 0.1) is 0 Å². The van der Waals surface area contributed by atoms with Crippen molar-refractivity contribution in [3.63, 3.8) is 0 Å². The number of hydrogen-bond acceptors (Lipinski definition) is 5. The highest BCUT2D eigenvalue weighted by Gasteiger charge is 2.36. The van der Waals surface area contributed by atoms with Crippen molar-refractivity contribution in [1.82, 2.24) is 24.4 Å². The van der Waals surface area contributed by atoms with E-state index in [1.54, 1.807) is 22.6 Å². The number of carbonyl (C=O) groups excluding carboxylic acids is 2. The van der Waals surface area contributed by atoms with Crippen LogP contribution in [0.3, 0.4) is 0 Å². The van der Waals surface area contributed by atoms with Crippen LogP contribution < -0.4 is 10.9 Å². The number of fused-ring (bicyclic) bond motifs is 2. The Hall–Kier alpha value is -3.46. The lowest BCUT2D eigenvalue weighted by atomic mass is 10.1. The summed E-state index contributed by atoms with van der Waals surface area (Å²) in [5, 5.41) is 7.30. The van der Waals surface area contributed by atoms with Crippen LogP contribution in [0.4, 0.5) is 0 Å². The molecule has 1 atom stereocenters. The van der Waals surface area contributed by atoms with Gasteiger partial charge in [-0.2, -0.15) is 9.61 Å². The fourth-order valence-electron chi connectivity index (χ4n) is 3.96. The van der Waals surface area contributed by atoms with E-state index in [4.69, 9.17) is 4.74 Å². The summed E-state index contributed by atoms with van der Waals surface area (Å²) in [4.78, 5) is 41.0. The van der Waals surface area contributed by atoms with Crippen LogP contribution in [-0.2, 0) is 22.6 Å². The summed E-state index contributed by atoms with van der Waals surface area (Å²) in [7, 11) is 1.56. The maximum atomic E-state index is 13.3. The maximum Gasteiger partial charge on any atom is 0.280 e. The average molecular weight is 438 g/mol. The summed E-state index contributed by atoms with van der Waals surface area (Å²) in [6, 6.07) is 11.2. The lowest BCUT2D eigenvalue weighted by molar-refractivity contribution is -0.121. The first-order valence-electron chi connectivity index (χ1n) is 10.7. The first kappa shape index (κ1) is 21.8. The molecule has 0 saturated carbocycles. The van der Waals surface area contributed by atoms with Gasteiger partial charge in [0.25, 0.3) is 11.5 Å². The molecule has 168 valence electrons. The highest BCUT2D eigenvalue weighted by molar-refractivity contribution is 5.98. The molecule has 9 heteroatoms. The van der Waals surface area contributed by atoms with E-state index < -0.39 is 0 Å². The van der Waals surface area contributed by atoms with E-state index in [9.17, 15) is 14.4 Å². The van der Waals surface area contributed by atoms with E-state index in [1.165, 1.54) is 4.52 Å². The second-order valence-corrected chi connectivity index (χ2v) is 7.92. The van der Waals surface area contributed by atoms with Crippen molar-refractivity contribution >= 4 is 17.5 Å². The standard InChI is InChI=1S/C23H27N5O4/c1-4-15(2)26-13-17-21(23(26)31)27(14-19(29)24-10-11-32-3)20-12-18(25-28(20)22(17)30)16-8-6-5-7-9-16/h5-9,12,15H,4,10-11,13-14H2,1-3H3,(H,24,29). The summed E-state index contributed by atoms with van der Waals surface area (Å²) in [5.41, 5.74) is 2.17. The molecule has 1 aliphatic rings. The number of amides is 2. The molecule has 2 amide bonds. The molecule has 1 aromatic carbocycles. The predicted octanol–water partition coefficient (Wildman–Crippen LogP) is 1.68. The number of carbonyl (C=O) groups is 2. The summed E-state index contributed by atoms with van der Waals surface area (Å²) in [6.07, 6.45) is 0.765. The molecular formula is C23H27N5O4. The van der Waals surface area contributed by atoms with Crippen molar-refractivity contribution in [3.05, 3.63) is 58.0 Å². The van der Waals surface area contributed by atoms with Crippen molar-refractivity contribution in [2.45, 2.75) is 39.4 Å². The third-order valence-electron chi connectivity index (χ3n) is 5.89. The predicted molar refractivity (Wildman–Crippen MR) is 119 cm³/mol. The Kier molecular flexibility index (Phi) is 6.09. The van der Waals surface area contributed by atoms with Crippen molar-refractivity contribution in [2.24, 2.45) is 0 Å². The smallest absolute Gasteiger partial charge is 0.280 e. The van der Waals surface area contributed by atoms with Crippen LogP contribution in [-0.4, -0.2) is 57.2 Å². The van der Waals surface area contributed by atoms with E-state index in [0.29, 0.717) is 30.1 Å². The number of aromatic nitrogens is 3. The minimum Gasteiger partial charge on any atom is -0.383 e. The van der Waals surface area contributed by atoms with E-state index in [-0.39, 0.29) is 42.2 Å². The lowest BCUT2D eigenvalue weighted by Gasteiger charge is -2.22. The largest absolute Gasteiger partial charge is 0.383 e. The van der Waals surface area contributed by atoms with Gasteiger partial charge in [-0.25, -0.2) is 0 Å². The number of nitrogens with zero attached hydrogens (tertiary/aromatic N) is 4. The summed E-state index contributed by atoms with van der Waals surface area (Å²) in [5.74, 6) is -0.506. The number of hydrogen-bond donors (Lipinski definition) is 1. The molecule has 1 aliphatic heterocycles. The first-order valence-corrected chi connectivity index (χ1v) is 10.7. The Morgan fingerprint density at radius 1 is 1.25 bits per heavy atom. The molecule has 2 aromatic heterocycles. The summed E-state index contributed by atoms with van der Waals surface area (Å²) >= 11 is 0.